The lowest BCUT2D eigenvalue weighted by molar-refractivity contribution is 0.0950. The maximum atomic E-state index is 12.2. The summed E-state index contributed by atoms with van der Waals surface area (Å²) in [6.07, 6.45) is 1.12. The van der Waals surface area contributed by atoms with Crippen molar-refractivity contribution in [3.63, 3.8) is 0 Å². The number of hydrogen-bond donors (Lipinski definition) is 1. The highest BCUT2D eigenvalue weighted by atomic mass is 79.9. The van der Waals surface area contributed by atoms with Crippen LogP contribution in [-0.2, 0) is 9.05 Å². The third kappa shape index (κ3) is 3.54. The molecule has 20 heavy (non-hydrogen) atoms. The Kier molecular flexibility index (Phi) is 4.47. The maximum absolute atomic E-state index is 12.2. The minimum Gasteiger partial charge on any atom is -0.352 e. The van der Waals surface area contributed by atoms with Gasteiger partial charge in [0, 0.05) is 27.3 Å². The Labute approximate surface area is 131 Å². The summed E-state index contributed by atoms with van der Waals surface area (Å²) >= 11 is 3.21. The summed E-state index contributed by atoms with van der Waals surface area (Å²) in [6.45, 7) is 4.34. The lowest BCUT2D eigenvalue weighted by Crippen LogP contribution is -2.27. The molecule has 0 radical (unpaired) electrons. The standard InChI is InChI=1S/C13H15BrClNO3S/c1-7-3-9(7)6-16-13(17)11-4-10(14)5-12(8(11)2)20(15,18)19/h4-5,7,9H,3,6H2,1-2H3,(H,16,17). The molecule has 1 aromatic rings. The van der Waals surface area contributed by atoms with E-state index in [4.69, 9.17) is 10.7 Å². The molecule has 1 amide bonds. The highest BCUT2D eigenvalue weighted by Gasteiger charge is 2.32. The Hall–Kier alpha value is -0.590. The molecule has 110 valence electrons. The van der Waals surface area contributed by atoms with Gasteiger partial charge in [-0.1, -0.05) is 22.9 Å². The van der Waals surface area contributed by atoms with Crippen LogP contribution in [0.4, 0.5) is 0 Å². The van der Waals surface area contributed by atoms with Crippen molar-refractivity contribution in [2.75, 3.05) is 6.54 Å². The molecule has 1 aliphatic carbocycles. The Morgan fingerprint density at radius 2 is 2.10 bits per heavy atom. The number of hydrogen-bond acceptors (Lipinski definition) is 3. The molecule has 0 aromatic heterocycles. The molecule has 2 atom stereocenters. The van der Waals surface area contributed by atoms with Crippen LogP contribution < -0.4 is 5.32 Å². The summed E-state index contributed by atoms with van der Waals surface area (Å²) in [5, 5.41) is 2.84. The summed E-state index contributed by atoms with van der Waals surface area (Å²) in [5.41, 5.74) is 0.691. The predicted octanol–water partition coefficient (Wildman–Crippen LogP) is 3.07. The molecule has 7 heteroatoms. The summed E-state index contributed by atoms with van der Waals surface area (Å²) in [4.78, 5) is 12.1. The summed E-state index contributed by atoms with van der Waals surface area (Å²) < 4.78 is 23.5. The quantitative estimate of drug-likeness (QED) is 0.817. The Bertz CT molecular complexity index is 660. The van der Waals surface area contributed by atoms with Crippen molar-refractivity contribution in [2.24, 2.45) is 11.8 Å². The smallest absolute Gasteiger partial charge is 0.261 e. The Balaban J connectivity index is 2.26. The van der Waals surface area contributed by atoms with Crippen LogP contribution >= 0.6 is 26.6 Å². The van der Waals surface area contributed by atoms with E-state index in [0.717, 1.165) is 6.42 Å². The highest BCUT2D eigenvalue weighted by molar-refractivity contribution is 9.10. The van der Waals surface area contributed by atoms with E-state index < -0.39 is 9.05 Å². The average Bonchev–Trinajstić information content (AvgIpc) is 3.03. The molecule has 0 heterocycles. The van der Waals surface area contributed by atoms with Crippen molar-refractivity contribution in [1.82, 2.24) is 5.32 Å². The second kappa shape index (κ2) is 5.66. The van der Waals surface area contributed by atoms with E-state index in [9.17, 15) is 13.2 Å². The molecule has 0 saturated heterocycles. The van der Waals surface area contributed by atoms with Crippen LogP contribution in [0.1, 0.15) is 29.3 Å². The van der Waals surface area contributed by atoms with E-state index in [2.05, 4.69) is 28.2 Å². The molecule has 4 nitrogen and oxygen atoms in total. The topological polar surface area (TPSA) is 63.2 Å². The third-order valence-electron chi connectivity index (χ3n) is 3.63. The zero-order valence-electron chi connectivity index (χ0n) is 11.1. The van der Waals surface area contributed by atoms with Crippen molar-refractivity contribution in [1.29, 1.82) is 0 Å². The first-order valence-electron chi connectivity index (χ1n) is 6.23. The van der Waals surface area contributed by atoms with Crippen LogP contribution in [0.25, 0.3) is 0 Å². The number of amides is 1. The molecular formula is C13H15BrClNO3S. The van der Waals surface area contributed by atoms with Crippen molar-refractivity contribution >= 4 is 41.6 Å². The number of benzene rings is 1. The minimum atomic E-state index is -3.88. The molecule has 1 N–H and O–H groups in total. The number of carbonyl (C=O) groups is 1. The largest absolute Gasteiger partial charge is 0.352 e. The average molecular weight is 381 g/mol. The first kappa shape index (κ1) is 15.8. The van der Waals surface area contributed by atoms with Crippen LogP contribution in [0, 0.1) is 18.8 Å². The van der Waals surface area contributed by atoms with Gasteiger partial charge in [-0.2, -0.15) is 0 Å². The molecule has 0 spiro atoms. The van der Waals surface area contributed by atoms with E-state index in [1.165, 1.54) is 6.07 Å². The summed E-state index contributed by atoms with van der Waals surface area (Å²) in [5.74, 6) is 0.907. The molecule has 1 fully saturated rings. The third-order valence-corrected chi connectivity index (χ3v) is 5.54. The molecule has 2 rings (SSSR count). The molecular weight excluding hydrogens is 366 g/mol. The lowest BCUT2D eigenvalue weighted by atomic mass is 10.1. The van der Waals surface area contributed by atoms with Gasteiger partial charge in [0.15, 0.2) is 0 Å². The molecule has 0 bridgehead atoms. The fourth-order valence-corrected chi connectivity index (χ4v) is 3.98. The van der Waals surface area contributed by atoms with Gasteiger partial charge < -0.3 is 5.32 Å². The van der Waals surface area contributed by atoms with Gasteiger partial charge in [0.05, 0.1) is 4.90 Å². The maximum Gasteiger partial charge on any atom is 0.261 e. The molecule has 1 saturated carbocycles. The van der Waals surface area contributed by atoms with E-state index in [1.54, 1.807) is 13.0 Å². The van der Waals surface area contributed by atoms with E-state index in [1.807, 2.05) is 0 Å². The monoisotopic (exact) mass is 379 g/mol. The molecule has 2 unspecified atom stereocenters. The van der Waals surface area contributed by atoms with Gasteiger partial charge >= 0.3 is 0 Å². The second-order valence-electron chi connectivity index (χ2n) is 5.20. The van der Waals surface area contributed by atoms with Gasteiger partial charge in [0.1, 0.15) is 0 Å². The Morgan fingerprint density at radius 3 is 2.60 bits per heavy atom. The predicted molar refractivity (Wildman–Crippen MR) is 81.5 cm³/mol. The fraction of sp³-hybridized carbons (Fsp3) is 0.462. The van der Waals surface area contributed by atoms with Gasteiger partial charge in [-0.15, -0.1) is 0 Å². The SMILES string of the molecule is Cc1c(C(=O)NCC2CC2C)cc(Br)cc1S(=O)(=O)Cl. The van der Waals surface area contributed by atoms with Crippen LogP contribution in [0.15, 0.2) is 21.5 Å². The minimum absolute atomic E-state index is 0.0431. The summed E-state index contributed by atoms with van der Waals surface area (Å²) in [6, 6.07) is 3.00. The van der Waals surface area contributed by atoms with Gasteiger partial charge in [0.25, 0.3) is 15.0 Å². The van der Waals surface area contributed by atoms with Crippen molar-refractivity contribution in [3.05, 3.63) is 27.7 Å². The highest BCUT2D eigenvalue weighted by Crippen LogP contribution is 2.36. The zero-order valence-corrected chi connectivity index (χ0v) is 14.3. The number of carbonyl (C=O) groups excluding carboxylic acids is 1. The first-order chi connectivity index (χ1) is 9.20. The Morgan fingerprint density at radius 1 is 1.50 bits per heavy atom. The second-order valence-corrected chi connectivity index (χ2v) is 8.65. The van der Waals surface area contributed by atoms with Gasteiger partial charge in [-0.05, 0) is 42.9 Å². The number of nitrogens with one attached hydrogen (secondary N) is 1. The van der Waals surface area contributed by atoms with Gasteiger partial charge in [-0.25, -0.2) is 8.42 Å². The zero-order chi connectivity index (χ0) is 15.1. The number of halogens is 2. The van der Waals surface area contributed by atoms with E-state index >= 15 is 0 Å². The molecule has 1 aliphatic rings. The van der Waals surface area contributed by atoms with Crippen LogP contribution in [0.3, 0.4) is 0 Å². The summed E-state index contributed by atoms with van der Waals surface area (Å²) in [7, 11) is 1.51. The fourth-order valence-electron chi connectivity index (χ4n) is 2.15. The first-order valence-corrected chi connectivity index (χ1v) is 9.33. The van der Waals surface area contributed by atoms with Crippen molar-refractivity contribution in [2.45, 2.75) is 25.2 Å². The van der Waals surface area contributed by atoms with Gasteiger partial charge in [-0.3, -0.25) is 4.79 Å². The van der Waals surface area contributed by atoms with Crippen LogP contribution in [0.2, 0.25) is 0 Å². The van der Waals surface area contributed by atoms with Crippen molar-refractivity contribution in [3.8, 4) is 0 Å². The molecule has 0 aliphatic heterocycles. The normalized spacial score (nSPS) is 21.6. The van der Waals surface area contributed by atoms with Crippen molar-refractivity contribution < 1.29 is 13.2 Å². The van der Waals surface area contributed by atoms with Crippen LogP contribution in [-0.4, -0.2) is 20.9 Å². The lowest BCUT2D eigenvalue weighted by Gasteiger charge is -2.11. The number of rotatable bonds is 4. The molecule has 1 aromatic carbocycles. The van der Waals surface area contributed by atoms with E-state index in [0.29, 0.717) is 34.0 Å². The van der Waals surface area contributed by atoms with Crippen LogP contribution in [0.5, 0.6) is 0 Å². The van der Waals surface area contributed by atoms with Gasteiger partial charge in [0.2, 0.25) is 0 Å². The van der Waals surface area contributed by atoms with E-state index in [-0.39, 0.29) is 10.8 Å².